The fraction of sp³-hybridized carbons (Fsp3) is 0.273. The van der Waals surface area contributed by atoms with Gasteiger partial charge in [-0.25, -0.2) is 0 Å². The van der Waals surface area contributed by atoms with E-state index in [9.17, 15) is 0 Å². The van der Waals surface area contributed by atoms with E-state index >= 15 is 0 Å². The zero-order chi connectivity index (χ0) is 10.8. The number of aryl methyl sites for hydroxylation is 2. The first-order valence-electron chi connectivity index (χ1n) is 4.81. The van der Waals surface area contributed by atoms with Crippen LogP contribution in [0.3, 0.4) is 0 Å². The number of rotatable bonds is 2. The molecule has 0 saturated heterocycles. The SMILES string of the molecule is Cc1ccc(-c2nnc(CN)o2)c(C)c1. The average Bonchev–Trinajstić information content (AvgIpc) is 2.66. The molecule has 15 heavy (non-hydrogen) atoms. The largest absolute Gasteiger partial charge is 0.419 e. The van der Waals surface area contributed by atoms with Crippen molar-refractivity contribution in [2.75, 3.05) is 0 Å². The quantitative estimate of drug-likeness (QED) is 0.808. The molecule has 0 radical (unpaired) electrons. The summed E-state index contributed by atoms with van der Waals surface area (Å²) >= 11 is 0. The van der Waals surface area contributed by atoms with E-state index in [1.165, 1.54) is 5.56 Å². The zero-order valence-corrected chi connectivity index (χ0v) is 8.82. The van der Waals surface area contributed by atoms with Crippen molar-refractivity contribution < 1.29 is 4.42 Å². The summed E-state index contributed by atoms with van der Waals surface area (Å²) in [6, 6.07) is 6.09. The summed E-state index contributed by atoms with van der Waals surface area (Å²) in [4.78, 5) is 0. The first-order valence-corrected chi connectivity index (χ1v) is 4.81. The smallest absolute Gasteiger partial charge is 0.248 e. The Hall–Kier alpha value is -1.68. The van der Waals surface area contributed by atoms with Crippen LogP contribution in [0.15, 0.2) is 22.6 Å². The highest BCUT2D eigenvalue weighted by molar-refractivity contribution is 5.58. The lowest BCUT2D eigenvalue weighted by atomic mass is 10.1. The van der Waals surface area contributed by atoms with Crippen molar-refractivity contribution in [2.24, 2.45) is 5.73 Å². The molecule has 0 bridgehead atoms. The molecule has 4 nitrogen and oxygen atoms in total. The number of nitrogens with two attached hydrogens (primary N) is 1. The van der Waals surface area contributed by atoms with Crippen LogP contribution < -0.4 is 5.73 Å². The Morgan fingerprint density at radius 2 is 2.07 bits per heavy atom. The Kier molecular flexibility index (Phi) is 2.51. The van der Waals surface area contributed by atoms with Crippen LogP contribution in [0.5, 0.6) is 0 Å². The van der Waals surface area contributed by atoms with Gasteiger partial charge in [-0.05, 0) is 25.5 Å². The van der Waals surface area contributed by atoms with Gasteiger partial charge in [0.25, 0.3) is 0 Å². The molecule has 1 heterocycles. The molecule has 2 rings (SSSR count). The van der Waals surface area contributed by atoms with Crippen molar-refractivity contribution in [3.63, 3.8) is 0 Å². The molecule has 2 N–H and O–H groups in total. The van der Waals surface area contributed by atoms with Gasteiger partial charge in [0.15, 0.2) is 0 Å². The molecule has 2 aromatic rings. The zero-order valence-electron chi connectivity index (χ0n) is 8.82. The van der Waals surface area contributed by atoms with Gasteiger partial charge in [0.05, 0.1) is 6.54 Å². The van der Waals surface area contributed by atoms with Gasteiger partial charge < -0.3 is 10.2 Å². The molecule has 0 saturated carbocycles. The Morgan fingerprint density at radius 3 is 2.67 bits per heavy atom. The van der Waals surface area contributed by atoms with Crippen LogP contribution >= 0.6 is 0 Å². The monoisotopic (exact) mass is 203 g/mol. The van der Waals surface area contributed by atoms with Crippen molar-refractivity contribution in [1.82, 2.24) is 10.2 Å². The molecule has 0 fully saturated rings. The van der Waals surface area contributed by atoms with Gasteiger partial charge in [0.1, 0.15) is 0 Å². The van der Waals surface area contributed by atoms with Gasteiger partial charge in [0, 0.05) is 5.56 Å². The molecule has 1 aromatic carbocycles. The molecule has 0 aliphatic carbocycles. The van der Waals surface area contributed by atoms with Crippen molar-refractivity contribution >= 4 is 0 Å². The van der Waals surface area contributed by atoms with Crippen molar-refractivity contribution in [2.45, 2.75) is 20.4 Å². The molecule has 78 valence electrons. The lowest BCUT2D eigenvalue weighted by Gasteiger charge is -2.01. The molecule has 0 atom stereocenters. The number of aromatic nitrogens is 2. The van der Waals surface area contributed by atoms with E-state index in [2.05, 4.69) is 23.2 Å². The molecule has 0 unspecified atom stereocenters. The first-order chi connectivity index (χ1) is 7.20. The summed E-state index contributed by atoms with van der Waals surface area (Å²) in [5.41, 5.74) is 8.72. The predicted octanol–water partition coefficient (Wildman–Crippen LogP) is 1.81. The Labute approximate surface area is 88.1 Å². The Balaban J connectivity index is 2.44. The maximum absolute atomic E-state index is 5.41. The van der Waals surface area contributed by atoms with Gasteiger partial charge in [-0.3, -0.25) is 0 Å². The van der Waals surface area contributed by atoms with Crippen molar-refractivity contribution in [3.05, 3.63) is 35.2 Å². The van der Waals surface area contributed by atoms with Crippen LogP contribution in [0.1, 0.15) is 17.0 Å². The second-order valence-corrected chi connectivity index (χ2v) is 3.52. The third-order valence-electron chi connectivity index (χ3n) is 2.25. The van der Waals surface area contributed by atoms with Crippen LogP contribution in [0, 0.1) is 13.8 Å². The van der Waals surface area contributed by atoms with E-state index in [-0.39, 0.29) is 6.54 Å². The minimum absolute atomic E-state index is 0.276. The highest BCUT2D eigenvalue weighted by Crippen LogP contribution is 2.22. The van der Waals surface area contributed by atoms with E-state index < -0.39 is 0 Å². The minimum Gasteiger partial charge on any atom is -0.419 e. The van der Waals surface area contributed by atoms with Crippen LogP contribution in [0.4, 0.5) is 0 Å². The van der Waals surface area contributed by atoms with Crippen LogP contribution in [0.25, 0.3) is 11.5 Å². The van der Waals surface area contributed by atoms with E-state index in [1.807, 2.05) is 19.1 Å². The summed E-state index contributed by atoms with van der Waals surface area (Å²) in [6.45, 7) is 4.35. The molecule has 0 aliphatic rings. The Morgan fingerprint density at radius 1 is 1.27 bits per heavy atom. The van der Waals surface area contributed by atoms with Crippen LogP contribution in [0.2, 0.25) is 0 Å². The fourth-order valence-electron chi connectivity index (χ4n) is 1.50. The second-order valence-electron chi connectivity index (χ2n) is 3.52. The molecule has 0 spiro atoms. The fourth-order valence-corrected chi connectivity index (χ4v) is 1.50. The van der Waals surface area contributed by atoms with Gasteiger partial charge in [-0.15, -0.1) is 10.2 Å². The lowest BCUT2D eigenvalue weighted by Crippen LogP contribution is -1.95. The van der Waals surface area contributed by atoms with Gasteiger partial charge in [0.2, 0.25) is 11.8 Å². The minimum atomic E-state index is 0.276. The normalized spacial score (nSPS) is 10.6. The number of nitrogens with zero attached hydrogens (tertiary/aromatic N) is 2. The second kappa shape index (κ2) is 3.82. The van der Waals surface area contributed by atoms with E-state index in [0.29, 0.717) is 11.8 Å². The topological polar surface area (TPSA) is 64.9 Å². The van der Waals surface area contributed by atoms with Crippen LogP contribution in [-0.2, 0) is 6.54 Å². The Bertz CT molecular complexity index is 476. The molecule has 0 amide bonds. The summed E-state index contributed by atoms with van der Waals surface area (Å²) in [7, 11) is 0. The highest BCUT2D eigenvalue weighted by atomic mass is 16.4. The summed E-state index contributed by atoms with van der Waals surface area (Å²) in [5.74, 6) is 0.998. The maximum atomic E-state index is 5.41. The molecule has 0 aliphatic heterocycles. The maximum Gasteiger partial charge on any atom is 0.248 e. The first kappa shape index (κ1) is 9.86. The standard InChI is InChI=1S/C11H13N3O/c1-7-3-4-9(8(2)5-7)11-14-13-10(6-12)15-11/h3-5H,6,12H2,1-2H3. The molecule has 4 heteroatoms. The van der Waals surface area contributed by atoms with E-state index in [1.54, 1.807) is 0 Å². The highest BCUT2D eigenvalue weighted by Gasteiger charge is 2.09. The predicted molar refractivity (Wildman–Crippen MR) is 57.1 cm³/mol. The third kappa shape index (κ3) is 1.89. The molecule has 1 aromatic heterocycles. The number of hydrogen-bond donors (Lipinski definition) is 1. The van der Waals surface area contributed by atoms with Gasteiger partial charge in [-0.2, -0.15) is 0 Å². The van der Waals surface area contributed by atoms with Crippen molar-refractivity contribution in [1.29, 1.82) is 0 Å². The van der Waals surface area contributed by atoms with Crippen LogP contribution in [-0.4, -0.2) is 10.2 Å². The third-order valence-corrected chi connectivity index (χ3v) is 2.25. The molecular weight excluding hydrogens is 190 g/mol. The summed E-state index contributed by atoms with van der Waals surface area (Å²) in [5, 5.41) is 7.78. The van der Waals surface area contributed by atoms with Gasteiger partial charge in [-0.1, -0.05) is 17.7 Å². The average molecular weight is 203 g/mol. The van der Waals surface area contributed by atoms with Gasteiger partial charge >= 0.3 is 0 Å². The lowest BCUT2D eigenvalue weighted by molar-refractivity contribution is 0.508. The molecular formula is C11H13N3O. The number of hydrogen-bond acceptors (Lipinski definition) is 4. The number of benzene rings is 1. The van der Waals surface area contributed by atoms with Crippen molar-refractivity contribution in [3.8, 4) is 11.5 Å². The van der Waals surface area contributed by atoms with E-state index in [4.69, 9.17) is 10.2 Å². The summed E-state index contributed by atoms with van der Waals surface area (Å²) in [6.07, 6.45) is 0. The summed E-state index contributed by atoms with van der Waals surface area (Å²) < 4.78 is 5.39. The van der Waals surface area contributed by atoms with E-state index in [0.717, 1.165) is 11.1 Å².